The third-order valence-corrected chi connectivity index (χ3v) is 3.01. The van der Waals surface area contributed by atoms with Gasteiger partial charge in [-0.2, -0.15) is 5.26 Å². The minimum atomic E-state index is 0.228. The Morgan fingerprint density at radius 2 is 2.31 bits per heavy atom. The molecule has 0 aliphatic carbocycles. The molecule has 0 bridgehead atoms. The Morgan fingerprint density at radius 3 is 2.88 bits per heavy atom. The molecule has 4 heteroatoms. The van der Waals surface area contributed by atoms with E-state index in [0.717, 1.165) is 16.6 Å². The quantitative estimate of drug-likeness (QED) is 0.902. The van der Waals surface area contributed by atoms with E-state index >= 15 is 0 Å². The van der Waals surface area contributed by atoms with Crippen molar-refractivity contribution in [2.75, 3.05) is 19.0 Å². The number of hydrogen-bond donors (Lipinski definition) is 1. The molecule has 0 amide bonds. The standard InChI is InChI=1S/C12H15BrN2O/c1-3-9(8-16-2)15-12-6-4-5-11(13)10(12)7-14/h4-6,9,15H,3,8H2,1-2H3. The molecule has 1 rings (SSSR count). The van der Waals surface area contributed by atoms with Crippen LogP contribution in [0.25, 0.3) is 0 Å². The molecule has 1 aromatic carbocycles. The highest BCUT2D eigenvalue weighted by Gasteiger charge is 2.10. The van der Waals surface area contributed by atoms with Gasteiger partial charge in [-0.05, 0) is 34.5 Å². The van der Waals surface area contributed by atoms with E-state index in [0.29, 0.717) is 12.2 Å². The average molecular weight is 283 g/mol. The van der Waals surface area contributed by atoms with Gasteiger partial charge in [-0.25, -0.2) is 0 Å². The fourth-order valence-electron chi connectivity index (χ4n) is 1.44. The summed E-state index contributed by atoms with van der Waals surface area (Å²) in [6, 6.07) is 8.09. The smallest absolute Gasteiger partial charge is 0.103 e. The molecule has 1 unspecified atom stereocenters. The molecule has 0 fully saturated rings. The molecule has 16 heavy (non-hydrogen) atoms. The predicted octanol–water partition coefficient (Wildman–Crippen LogP) is 3.16. The molecule has 1 atom stereocenters. The molecule has 1 N–H and O–H groups in total. The lowest BCUT2D eigenvalue weighted by atomic mass is 10.1. The molecule has 0 saturated heterocycles. The first kappa shape index (κ1) is 13.0. The zero-order valence-electron chi connectivity index (χ0n) is 9.46. The van der Waals surface area contributed by atoms with Crippen molar-refractivity contribution in [1.29, 1.82) is 5.26 Å². The second-order valence-corrected chi connectivity index (χ2v) is 4.33. The molecule has 0 radical (unpaired) electrons. The first-order chi connectivity index (χ1) is 7.72. The number of rotatable bonds is 5. The summed E-state index contributed by atoms with van der Waals surface area (Å²) >= 11 is 3.36. The van der Waals surface area contributed by atoms with Crippen molar-refractivity contribution in [1.82, 2.24) is 0 Å². The van der Waals surface area contributed by atoms with Gasteiger partial charge in [-0.15, -0.1) is 0 Å². The van der Waals surface area contributed by atoms with E-state index in [-0.39, 0.29) is 6.04 Å². The lowest BCUT2D eigenvalue weighted by molar-refractivity contribution is 0.184. The number of halogens is 1. The highest BCUT2D eigenvalue weighted by molar-refractivity contribution is 9.10. The maximum atomic E-state index is 9.06. The summed E-state index contributed by atoms with van der Waals surface area (Å²) < 4.78 is 5.93. The van der Waals surface area contributed by atoms with E-state index in [2.05, 4.69) is 34.2 Å². The number of nitriles is 1. The van der Waals surface area contributed by atoms with Crippen molar-refractivity contribution in [2.24, 2.45) is 0 Å². The van der Waals surface area contributed by atoms with Gasteiger partial charge in [0.05, 0.1) is 17.9 Å². The Kier molecular flexibility index (Phi) is 5.30. The third kappa shape index (κ3) is 3.22. The van der Waals surface area contributed by atoms with Crippen LogP contribution >= 0.6 is 15.9 Å². The highest BCUT2D eigenvalue weighted by atomic mass is 79.9. The molecule has 1 aromatic rings. The number of ether oxygens (including phenoxy) is 1. The minimum Gasteiger partial charge on any atom is -0.383 e. The van der Waals surface area contributed by atoms with Gasteiger partial charge in [0.25, 0.3) is 0 Å². The van der Waals surface area contributed by atoms with Gasteiger partial charge in [0, 0.05) is 17.6 Å². The topological polar surface area (TPSA) is 45.0 Å². The highest BCUT2D eigenvalue weighted by Crippen LogP contribution is 2.24. The first-order valence-corrected chi connectivity index (χ1v) is 5.96. The molecule has 0 spiro atoms. The summed E-state index contributed by atoms with van der Waals surface area (Å²) in [5.41, 5.74) is 1.48. The summed E-state index contributed by atoms with van der Waals surface area (Å²) in [5, 5.41) is 12.4. The molecular formula is C12H15BrN2O. The molecule has 0 saturated carbocycles. The monoisotopic (exact) mass is 282 g/mol. The van der Waals surface area contributed by atoms with Crippen molar-refractivity contribution in [2.45, 2.75) is 19.4 Å². The number of hydrogen-bond acceptors (Lipinski definition) is 3. The summed E-state index contributed by atoms with van der Waals surface area (Å²) in [7, 11) is 1.68. The van der Waals surface area contributed by atoms with E-state index < -0.39 is 0 Å². The normalized spacial score (nSPS) is 11.9. The van der Waals surface area contributed by atoms with Crippen molar-refractivity contribution < 1.29 is 4.74 Å². The van der Waals surface area contributed by atoms with E-state index in [1.807, 2.05) is 18.2 Å². The van der Waals surface area contributed by atoms with E-state index in [9.17, 15) is 0 Å². The lowest BCUT2D eigenvalue weighted by Gasteiger charge is -2.18. The van der Waals surface area contributed by atoms with Gasteiger partial charge in [0.2, 0.25) is 0 Å². The lowest BCUT2D eigenvalue weighted by Crippen LogP contribution is -2.24. The van der Waals surface area contributed by atoms with Crippen LogP contribution in [0.4, 0.5) is 5.69 Å². The summed E-state index contributed by atoms with van der Waals surface area (Å²) in [4.78, 5) is 0. The number of nitrogens with zero attached hydrogens (tertiary/aromatic N) is 1. The molecular weight excluding hydrogens is 268 g/mol. The van der Waals surface area contributed by atoms with Crippen LogP contribution in [0, 0.1) is 11.3 Å². The van der Waals surface area contributed by atoms with Crippen molar-refractivity contribution in [3.8, 4) is 6.07 Å². The van der Waals surface area contributed by atoms with Gasteiger partial charge < -0.3 is 10.1 Å². The van der Waals surface area contributed by atoms with Crippen LogP contribution in [0.2, 0.25) is 0 Å². The van der Waals surface area contributed by atoms with Gasteiger partial charge in [0.1, 0.15) is 6.07 Å². The van der Waals surface area contributed by atoms with Crippen LogP contribution in [0.1, 0.15) is 18.9 Å². The molecule has 0 heterocycles. The Labute approximate surface area is 105 Å². The van der Waals surface area contributed by atoms with Gasteiger partial charge in [0.15, 0.2) is 0 Å². The Morgan fingerprint density at radius 1 is 1.56 bits per heavy atom. The number of benzene rings is 1. The van der Waals surface area contributed by atoms with Gasteiger partial charge in [-0.1, -0.05) is 13.0 Å². The fraction of sp³-hybridized carbons (Fsp3) is 0.417. The average Bonchev–Trinajstić information content (AvgIpc) is 2.28. The Bertz CT molecular complexity index is 387. The molecule has 0 aliphatic heterocycles. The number of nitrogens with one attached hydrogen (secondary N) is 1. The maximum absolute atomic E-state index is 9.06. The minimum absolute atomic E-state index is 0.228. The van der Waals surface area contributed by atoms with Crippen molar-refractivity contribution in [3.05, 3.63) is 28.2 Å². The second kappa shape index (κ2) is 6.51. The summed E-state index contributed by atoms with van der Waals surface area (Å²) in [6.45, 7) is 2.72. The molecule has 3 nitrogen and oxygen atoms in total. The summed E-state index contributed by atoms with van der Waals surface area (Å²) in [6.07, 6.45) is 0.950. The van der Waals surface area contributed by atoms with Crippen LogP contribution in [0.5, 0.6) is 0 Å². The molecule has 86 valence electrons. The van der Waals surface area contributed by atoms with E-state index in [1.165, 1.54) is 0 Å². The fourth-order valence-corrected chi connectivity index (χ4v) is 1.90. The van der Waals surface area contributed by atoms with Crippen LogP contribution in [0.15, 0.2) is 22.7 Å². The van der Waals surface area contributed by atoms with Gasteiger partial charge >= 0.3 is 0 Å². The zero-order chi connectivity index (χ0) is 12.0. The Balaban J connectivity index is 2.88. The molecule has 0 aromatic heterocycles. The largest absolute Gasteiger partial charge is 0.383 e. The zero-order valence-corrected chi connectivity index (χ0v) is 11.0. The third-order valence-electron chi connectivity index (χ3n) is 2.35. The molecule has 0 aliphatic rings. The number of methoxy groups -OCH3 is 1. The van der Waals surface area contributed by atoms with Crippen molar-refractivity contribution >= 4 is 21.6 Å². The van der Waals surface area contributed by atoms with Crippen molar-refractivity contribution in [3.63, 3.8) is 0 Å². The van der Waals surface area contributed by atoms with Crippen LogP contribution < -0.4 is 5.32 Å². The SMILES string of the molecule is CCC(COC)Nc1cccc(Br)c1C#N. The van der Waals surface area contributed by atoms with Crippen LogP contribution in [-0.4, -0.2) is 19.8 Å². The summed E-state index contributed by atoms with van der Waals surface area (Å²) in [5.74, 6) is 0. The van der Waals surface area contributed by atoms with Crippen LogP contribution in [-0.2, 0) is 4.74 Å². The van der Waals surface area contributed by atoms with E-state index in [1.54, 1.807) is 7.11 Å². The number of anilines is 1. The Hall–Kier alpha value is -1.05. The van der Waals surface area contributed by atoms with Gasteiger partial charge in [-0.3, -0.25) is 0 Å². The maximum Gasteiger partial charge on any atom is 0.103 e. The van der Waals surface area contributed by atoms with Crippen LogP contribution in [0.3, 0.4) is 0 Å². The predicted molar refractivity (Wildman–Crippen MR) is 68.4 cm³/mol. The first-order valence-electron chi connectivity index (χ1n) is 5.17. The second-order valence-electron chi connectivity index (χ2n) is 3.48. The van der Waals surface area contributed by atoms with E-state index in [4.69, 9.17) is 10.00 Å².